The number of amides is 2. The summed E-state index contributed by atoms with van der Waals surface area (Å²) in [6.07, 6.45) is 0. The van der Waals surface area contributed by atoms with Gasteiger partial charge in [0.1, 0.15) is 0 Å². The zero-order chi connectivity index (χ0) is 12.3. The number of rotatable bonds is 2. The van der Waals surface area contributed by atoms with Crippen molar-refractivity contribution in [2.24, 2.45) is 0 Å². The first-order chi connectivity index (χ1) is 7.51. The summed E-state index contributed by atoms with van der Waals surface area (Å²) in [5.74, 6) is -1.44. The van der Waals surface area contributed by atoms with E-state index in [0.717, 1.165) is 0 Å². The highest BCUT2D eigenvalue weighted by Gasteiger charge is 2.16. The van der Waals surface area contributed by atoms with Crippen molar-refractivity contribution in [3.8, 4) is 0 Å². The third-order valence-electron chi connectivity index (χ3n) is 1.75. The van der Waals surface area contributed by atoms with Crippen LogP contribution in [0.3, 0.4) is 0 Å². The van der Waals surface area contributed by atoms with Crippen LogP contribution in [0.5, 0.6) is 0 Å². The molecule has 4 N–H and O–H groups in total. The normalized spacial score (nSPS) is 9.75. The minimum absolute atomic E-state index is 0.142. The van der Waals surface area contributed by atoms with Gasteiger partial charge in [-0.1, -0.05) is 0 Å². The summed E-state index contributed by atoms with van der Waals surface area (Å²) in [6, 6.07) is 2.67. The molecule has 0 aromatic heterocycles. The van der Waals surface area contributed by atoms with Crippen LogP contribution in [-0.2, 0) is 0 Å². The Kier molecular flexibility index (Phi) is 4.42. The van der Waals surface area contributed by atoms with Gasteiger partial charge in [-0.25, -0.2) is 11.0 Å². The number of hydroxylamine groups is 2. The van der Waals surface area contributed by atoms with Gasteiger partial charge in [0.15, 0.2) is 0 Å². The van der Waals surface area contributed by atoms with Crippen LogP contribution in [0.2, 0.25) is 0 Å². The Bertz CT molecular complexity index is 408. The van der Waals surface area contributed by atoms with E-state index in [1.807, 2.05) is 0 Å². The Morgan fingerprint density at radius 3 is 1.50 bits per heavy atom. The number of hydrogen-bond donors (Lipinski definition) is 4. The average Bonchev–Trinajstić information content (AvgIpc) is 2.29. The second-order valence-electron chi connectivity index (χ2n) is 2.69. The average molecular weight is 354 g/mol. The van der Waals surface area contributed by atoms with Crippen LogP contribution in [0.4, 0.5) is 0 Å². The number of benzene rings is 1. The highest BCUT2D eigenvalue weighted by molar-refractivity contribution is 9.11. The lowest BCUT2D eigenvalue weighted by atomic mass is 10.1. The maximum atomic E-state index is 11.2. The summed E-state index contributed by atoms with van der Waals surface area (Å²) < 4.78 is 0.613. The molecule has 0 unspecified atom stereocenters. The maximum absolute atomic E-state index is 11.2. The molecule has 0 spiro atoms. The number of carbonyl (C=O) groups is 2. The minimum atomic E-state index is -0.719. The van der Waals surface area contributed by atoms with Gasteiger partial charge in [-0.2, -0.15) is 0 Å². The number of halogens is 2. The molecule has 1 aromatic rings. The summed E-state index contributed by atoms with van der Waals surface area (Å²) >= 11 is 6.13. The van der Waals surface area contributed by atoms with Crippen molar-refractivity contribution in [1.29, 1.82) is 0 Å². The Morgan fingerprint density at radius 2 is 1.25 bits per heavy atom. The molecule has 0 heterocycles. The van der Waals surface area contributed by atoms with Gasteiger partial charge < -0.3 is 0 Å². The first kappa shape index (κ1) is 13.1. The van der Waals surface area contributed by atoms with E-state index < -0.39 is 11.8 Å². The van der Waals surface area contributed by atoms with Crippen molar-refractivity contribution >= 4 is 43.7 Å². The molecule has 0 saturated heterocycles. The second kappa shape index (κ2) is 5.39. The van der Waals surface area contributed by atoms with E-state index in [2.05, 4.69) is 31.9 Å². The van der Waals surface area contributed by atoms with E-state index in [1.165, 1.54) is 23.1 Å². The van der Waals surface area contributed by atoms with E-state index in [-0.39, 0.29) is 11.1 Å². The molecule has 1 rings (SSSR count). The van der Waals surface area contributed by atoms with Crippen LogP contribution in [-0.4, -0.2) is 22.2 Å². The zero-order valence-electron chi connectivity index (χ0n) is 7.62. The molecule has 0 atom stereocenters. The fourth-order valence-corrected chi connectivity index (χ4v) is 2.06. The largest absolute Gasteiger partial charge is 0.288 e. The molecule has 0 aliphatic heterocycles. The summed E-state index contributed by atoms with van der Waals surface area (Å²) in [4.78, 5) is 22.4. The van der Waals surface area contributed by atoms with E-state index in [9.17, 15) is 9.59 Å². The van der Waals surface area contributed by atoms with Crippen LogP contribution in [0.1, 0.15) is 20.7 Å². The lowest BCUT2D eigenvalue weighted by molar-refractivity contribution is 0.0696. The van der Waals surface area contributed by atoms with Crippen LogP contribution in [0.15, 0.2) is 21.1 Å². The molecule has 0 radical (unpaired) electrons. The Hall–Kier alpha value is -0.960. The smallest absolute Gasteiger partial charge is 0.275 e. The van der Waals surface area contributed by atoms with Gasteiger partial charge >= 0.3 is 0 Å². The maximum Gasteiger partial charge on any atom is 0.275 e. The molecule has 6 nitrogen and oxygen atoms in total. The standard InChI is InChI=1S/C8H6Br2N2O4/c9-5-1-3(7(13)11-15)6(10)2-4(5)8(14)12-16/h1-2,15-16H,(H,11,13)(H,12,14). The van der Waals surface area contributed by atoms with Crippen LogP contribution in [0.25, 0.3) is 0 Å². The molecular formula is C8H6Br2N2O4. The number of nitrogens with one attached hydrogen (secondary N) is 2. The Morgan fingerprint density at radius 1 is 0.938 bits per heavy atom. The molecular weight excluding hydrogens is 348 g/mol. The Balaban J connectivity index is 3.27. The van der Waals surface area contributed by atoms with Crippen molar-refractivity contribution in [3.63, 3.8) is 0 Å². The van der Waals surface area contributed by atoms with E-state index >= 15 is 0 Å². The van der Waals surface area contributed by atoms with Crippen molar-refractivity contribution in [1.82, 2.24) is 11.0 Å². The van der Waals surface area contributed by atoms with E-state index in [1.54, 1.807) is 0 Å². The van der Waals surface area contributed by atoms with Gasteiger partial charge in [0.25, 0.3) is 11.8 Å². The SMILES string of the molecule is O=C(NO)c1cc(Br)c(C(=O)NO)cc1Br. The molecule has 0 fully saturated rings. The molecule has 0 saturated carbocycles. The summed E-state index contributed by atoms with van der Waals surface area (Å²) in [7, 11) is 0. The second-order valence-corrected chi connectivity index (χ2v) is 4.40. The molecule has 1 aromatic carbocycles. The van der Waals surface area contributed by atoms with Gasteiger partial charge in [-0.15, -0.1) is 0 Å². The Labute approximate surface area is 107 Å². The third kappa shape index (κ3) is 2.59. The highest BCUT2D eigenvalue weighted by atomic mass is 79.9. The minimum Gasteiger partial charge on any atom is -0.288 e. The van der Waals surface area contributed by atoms with Crippen LogP contribution < -0.4 is 11.0 Å². The van der Waals surface area contributed by atoms with Crippen LogP contribution >= 0.6 is 31.9 Å². The fraction of sp³-hybridized carbons (Fsp3) is 0. The van der Waals surface area contributed by atoms with Gasteiger partial charge in [0.2, 0.25) is 0 Å². The molecule has 0 aliphatic rings. The van der Waals surface area contributed by atoms with E-state index in [0.29, 0.717) is 8.95 Å². The number of carbonyl (C=O) groups excluding carboxylic acids is 2. The molecule has 0 bridgehead atoms. The molecule has 8 heteroatoms. The first-order valence-corrected chi connectivity index (χ1v) is 5.47. The predicted molar refractivity (Wildman–Crippen MR) is 60.3 cm³/mol. The lowest BCUT2D eigenvalue weighted by Crippen LogP contribution is -2.22. The lowest BCUT2D eigenvalue weighted by Gasteiger charge is -2.07. The molecule has 2 amide bonds. The van der Waals surface area contributed by atoms with Crippen molar-refractivity contribution < 1.29 is 20.0 Å². The van der Waals surface area contributed by atoms with Gasteiger partial charge in [-0.3, -0.25) is 20.0 Å². The summed E-state index contributed by atoms with van der Waals surface area (Å²) in [5, 5.41) is 16.9. The topological polar surface area (TPSA) is 98.7 Å². The van der Waals surface area contributed by atoms with E-state index in [4.69, 9.17) is 10.4 Å². The molecule has 16 heavy (non-hydrogen) atoms. The summed E-state index contributed by atoms with van der Waals surface area (Å²) in [6.45, 7) is 0. The van der Waals surface area contributed by atoms with Crippen molar-refractivity contribution in [3.05, 3.63) is 32.2 Å². The van der Waals surface area contributed by atoms with Gasteiger partial charge in [-0.05, 0) is 44.0 Å². The van der Waals surface area contributed by atoms with Gasteiger partial charge in [0, 0.05) is 8.95 Å². The third-order valence-corrected chi connectivity index (χ3v) is 3.06. The number of hydrogen-bond acceptors (Lipinski definition) is 4. The highest BCUT2D eigenvalue weighted by Crippen LogP contribution is 2.26. The summed E-state index contributed by atoms with van der Waals surface area (Å²) in [5.41, 5.74) is 3.23. The fourth-order valence-electron chi connectivity index (χ4n) is 1.02. The first-order valence-electron chi connectivity index (χ1n) is 3.89. The molecule has 0 aliphatic carbocycles. The zero-order valence-corrected chi connectivity index (χ0v) is 10.8. The van der Waals surface area contributed by atoms with Gasteiger partial charge in [0.05, 0.1) is 11.1 Å². The molecule has 86 valence electrons. The van der Waals surface area contributed by atoms with Crippen LogP contribution in [0, 0.1) is 0 Å². The predicted octanol–water partition coefficient (Wildman–Crippen LogP) is 1.45. The van der Waals surface area contributed by atoms with Crippen molar-refractivity contribution in [2.45, 2.75) is 0 Å². The van der Waals surface area contributed by atoms with Crippen molar-refractivity contribution in [2.75, 3.05) is 0 Å². The monoisotopic (exact) mass is 352 g/mol. The quantitative estimate of drug-likeness (QED) is 0.477.